The van der Waals surface area contributed by atoms with Gasteiger partial charge >= 0.3 is 0 Å². The van der Waals surface area contributed by atoms with E-state index in [1.54, 1.807) is 0 Å². The van der Waals surface area contributed by atoms with Crippen molar-refractivity contribution in [2.45, 2.75) is 34.1 Å². The molecule has 11 heavy (non-hydrogen) atoms. The monoisotopic (exact) mass is 154 g/mol. The lowest BCUT2D eigenvalue weighted by Crippen LogP contribution is -1.65. The van der Waals surface area contributed by atoms with Crippen molar-refractivity contribution in [1.82, 2.24) is 0 Å². The minimum absolute atomic E-state index is 1.06. The van der Waals surface area contributed by atoms with E-state index < -0.39 is 0 Å². The largest absolute Gasteiger partial charge is 0.106 e. The molecule has 0 rings (SSSR count). The van der Waals surface area contributed by atoms with Gasteiger partial charge in [0.1, 0.15) is 0 Å². The average molecular weight is 154 g/mol. The Balaban J connectivity index is -0.000000138. The van der Waals surface area contributed by atoms with E-state index in [0.717, 1.165) is 6.42 Å². The second kappa shape index (κ2) is 22.9. The molecule has 0 heteroatoms. The molecule has 0 fully saturated rings. The molecule has 0 heterocycles. The van der Waals surface area contributed by atoms with E-state index in [1.165, 1.54) is 5.57 Å². The molecule has 0 radical (unpaired) electrons. The van der Waals surface area contributed by atoms with E-state index in [4.69, 9.17) is 0 Å². The fourth-order valence-electron chi connectivity index (χ4n) is 0.354. The maximum absolute atomic E-state index is 3.78. The summed E-state index contributed by atoms with van der Waals surface area (Å²) in [5.74, 6) is 0. The maximum Gasteiger partial charge on any atom is -0.0313 e. The van der Waals surface area contributed by atoms with Crippen LogP contribution in [0.5, 0.6) is 0 Å². The number of rotatable bonds is 2. The molecule has 0 unspecified atom stereocenters. The molecule has 0 amide bonds. The maximum atomic E-state index is 3.78. The Morgan fingerprint density at radius 3 is 1.73 bits per heavy atom. The van der Waals surface area contributed by atoms with Crippen LogP contribution in [0.1, 0.15) is 34.1 Å². The zero-order valence-corrected chi connectivity index (χ0v) is 8.48. The second-order valence-corrected chi connectivity index (χ2v) is 1.51. The van der Waals surface area contributed by atoms with E-state index in [2.05, 4.69) is 26.7 Å². The molecule has 0 saturated carbocycles. The Kier molecular flexibility index (Phi) is 34.6. The Morgan fingerprint density at radius 1 is 1.27 bits per heavy atom. The van der Waals surface area contributed by atoms with Gasteiger partial charge < -0.3 is 0 Å². The third kappa shape index (κ3) is 27.0. The molecule has 0 aromatic rings. The first-order valence-electron chi connectivity index (χ1n) is 4.11. The van der Waals surface area contributed by atoms with Crippen LogP contribution < -0.4 is 0 Å². The van der Waals surface area contributed by atoms with Crippen molar-refractivity contribution in [2.24, 2.45) is 0 Å². The van der Waals surface area contributed by atoms with Gasteiger partial charge in [-0.2, -0.15) is 0 Å². The Morgan fingerprint density at radius 2 is 1.64 bits per heavy atom. The van der Waals surface area contributed by atoms with Crippen molar-refractivity contribution in [1.29, 1.82) is 0 Å². The zero-order chi connectivity index (χ0) is 9.70. The van der Waals surface area contributed by atoms with Gasteiger partial charge in [0.25, 0.3) is 0 Å². The van der Waals surface area contributed by atoms with Gasteiger partial charge in [0, 0.05) is 0 Å². The summed E-state index contributed by atoms with van der Waals surface area (Å²) < 4.78 is 0. The molecule has 0 bridgehead atoms. The Labute approximate surface area is 72.3 Å². The van der Waals surface area contributed by atoms with Crippen molar-refractivity contribution >= 4 is 0 Å². The van der Waals surface area contributed by atoms with Gasteiger partial charge in [-0.15, -0.1) is 13.2 Å². The normalized spacial score (nSPS) is 7.27. The van der Waals surface area contributed by atoms with Gasteiger partial charge in [-0.05, 0) is 13.3 Å². The van der Waals surface area contributed by atoms with Crippen molar-refractivity contribution in [2.75, 3.05) is 0 Å². The third-order valence-electron chi connectivity index (χ3n) is 0.856. The SMILES string of the molecule is C=C.C=C(/C=C\C)CC.CC. The third-order valence-corrected chi connectivity index (χ3v) is 0.856. The lowest BCUT2D eigenvalue weighted by atomic mass is 10.2. The van der Waals surface area contributed by atoms with Crippen LogP contribution in [0.4, 0.5) is 0 Å². The van der Waals surface area contributed by atoms with Gasteiger partial charge in [-0.3, -0.25) is 0 Å². The lowest BCUT2D eigenvalue weighted by Gasteiger charge is -1.85. The lowest BCUT2D eigenvalue weighted by molar-refractivity contribution is 1.16. The standard InChI is InChI=1S/C7H12.C2H6.C2H4/c1-4-6-7(3)5-2;2*1-2/h4,6H,3,5H2,1-2H3;1-2H3;1-2H2/b6-4-;;. The Bertz CT molecular complexity index is 88.2. The van der Waals surface area contributed by atoms with Gasteiger partial charge in [-0.1, -0.05) is 45.1 Å². The Hall–Kier alpha value is -0.780. The molecular formula is C11H22. The van der Waals surface area contributed by atoms with Crippen molar-refractivity contribution in [3.63, 3.8) is 0 Å². The summed E-state index contributed by atoms with van der Waals surface area (Å²) in [5, 5.41) is 0. The highest BCUT2D eigenvalue weighted by atomic mass is 13.8. The van der Waals surface area contributed by atoms with Crippen LogP contribution in [0.3, 0.4) is 0 Å². The molecule has 0 aromatic carbocycles. The molecule has 0 N–H and O–H groups in total. The summed E-state index contributed by atoms with van der Waals surface area (Å²) in [6.45, 7) is 17.9. The molecule has 66 valence electrons. The van der Waals surface area contributed by atoms with E-state index >= 15 is 0 Å². The fourth-order valence-corrected chi connectivity index (χ4v) is 0.354. The van der Waals surface area contributed by atoms with Crippen molar-refractivity contribution in [3.05, 3.63) is 37.5 Å². The van der Waals surface area contributed by atoms with E-state index in [9.17, 15) is 0 Å². The van der Waals surface area contributed by atoms with Crippen LogP contribution in [0.25, 0.3) is 0 Å². The summed E-state index contributed by atoms with van der Waals surface area (Å²) >= 11 is 0. The van der Waals surface area contributed by atoms with E-state index in [0.29, 0.717) is 0 Å². The molecule has 0 nitrogen and oxygen atoms in total. The molecule has 0 atom stereocenters. The highest BCUT2D eigenvalue weighted by Gasteiger charge is 1.75. The predicted molar refractivity (Wildman–Crippen MR) is 56.8 cm³/mol. The molecule has 0 aliphatic carbocycles. The first kappa shape index (κ1) is 16.7. The fraction of sp³-hybridized carbons (Fsp3) is 0.455. The summed E-state index contributed by atoms with van der Waals surface area (Å²) in [6, 6.07) is 0. The summed E-state index contributed by atoms with van der Waals surface area (Å²) in [6.07, 6.45) is 5.09. The van der Waals surface area contributed by atoms with Crippen molar-refractivity contribution in [3.8, 4) is 0 Å². The summed E-state index contributed by atoms with van der Waals surface area (Å²) in [5.41, 5.74) is 1.20. The topological polar surface area (TPSA) is 0 Å². The molecule has 0 saturated heterocycles. The molecule has 0 aliphatic rings. The quantitative estimate of drug-likeness (QED) is 0.409. The number of hydrogen-bond acceptors (Lipinski definition) is 0. The molecule has 0 spiro atoms. The van der Waals surface area contributed by atoms with Crippen LogP contribution in [-0.4, -0.2) is 0 Å². The number of allylic oxidation sites excluding steroid dienone is 3. The predicted octanol–water partition coefficient (Wildman–Crippen LogP) is 4.36. The molecule has 0 aliphatic heterocycles. The van der Waals surface area contributed by atoms with Gasteiger partial charge in [0.15, 0.2) is 0 Å². The van der Waals surface area contributed by atoms with Crippen LogP contribution >= 0.6 is 0 Å². The first-order chi connectivity index (χ1) is 5.31. The van der Waals surface area contributed by atoms with Gasteiger partial charge in [0.05, 0.1) is 0 Å². The average Bonchev–Trinajstić information content (AvgIpc) is 2.12. The first-order valence-corrected chi connectivity index (χ1v) is 4.11. The van der Waals surface area contributed by atoms with Crippen LogP contribution in [0.2, 0.25) is 0 Å². The van der Waals surface area contributed by atoms with Crippen molar-refractivity contribution < 1.29 is 0 Å². The summed E-state index contributed by atoms with van der Waals surface area (Å²) in [4.78, 5) is 0. The highest BCUT2D eigenvalue weighted by molar-refractivity contribution is 5.12. The highest BCUT2D eigenvalue weighted by Crippen LogP contribution is 1.95. The zero-order valence-electron chi connectivity index (χ0n) is 8.48. The molecular weight excluding hydrogens is 132 g/mol. The van der Waals surface area contributed by atoms with Crippen LogP contribution in [0, 0.1) is 0 Å². The van der Waals surface area contributed by atoms with Gasteiger partial charge in [0.2, 0.25) is 0 Å². The molecule has 0 aromatic heterocycles. The van der Waals surface area contributed by atoms with Crippen LogP contribution in [-0.2, 0) is 0 Å². The van der Waals surface area contributed by atoms with Gasteiger partial charge in [-0.25, -0.2) is 0 Å². The minimum atomic E-state index is 1.06. The van der Waals surface area contributed by atoms with E-state index in [1.807, 2.05) is 32.9 Å². The second-order valence-electron chi connectivity index (χ2n) is 1.51. The smallest absolute Gasteiger partial charge is 0.0313 e. The number of hydrogen-bond donors (Lipinski definition) is 0. The van der Waals surface area contributed by atoms with E-state index in [-0.39, 0.29) is 0 Å². The van der Waals surface area contributed by atoms with Crippen LogP contribution in [0.15, 0.2) is 37.5 Å². The summed E-state index contributed by atoms with van der Waals surface area (Å²) in [7, 11) is 0. The minimum Gasteiger partial charge on any atom is -0.106 e.